The highest BCUT2D eigenvalue weighted by molar-refractivity contribution is 5.78. The fourth-order valence-corrected chi connectivity index (χ4v) is 5.91. The van der Waals surface area contributed by atoms with E-state index in [0.717, 1.165) is 32.7 Å². The van der Waals surface area contributed by atoms with Gasteiger partial charge in [0.05, 0.1) is 24.3 Å². The zero-order valence-electron chi connectivity index (χ0n) is 20.6. The maximum absolute atomic E-state index is 14.7. The number of piperidine rings is 1. The molecule has 36 heavy (non-hydrogen) atoms. The van der Waals surface area contributed by atoms with Crippen LogP contribution >= 0.6 is 0 Å². The summed E-state index contributed by atoms with van der Waals surface area (Å²) in [5.74, 6) is 1.55. The predicted octanol–water partition coefficient (Wildman–Crippen LogP) is 4.95. The maximum atomic E-state index is 14.7. The van der Waals surface area contributed by atoms with Crippen LogP contribution in [0.1, 0.15) is 16.7 Å². The summed E-state index contributed by atoms with van der Waals surface area (Å²) in [5, 5.41) is 0. The van der Waals surface area contributed by atoms with E-state index in [0.29, 0.717) is 46.8 Å². The Labute approximate surface area is 211 Å². The third-order valence-corrected chi connectivity index (χ3v) is 7.73. The zero-order valence-corrected chi connectivity index (χ0v) is 20.6. The molecular formula is C30H31FN4O. The first kappa shape index (κ1) is 23.1. The lowest BCUT2D eigenvalue weighted by atomic mass is 10.1. The number of methoxy groups -OCH3 is 1. The first-order valence-corrected chi connectivity index (χ1v) is 12.7. The zero-order chi connectivity index (χ0) is 24.5. The molecule has 4 aromatic rings. The second kappa shape index (κ2) is 9.96. The van der Waals surface area contributed by atoms with E-state index in [9.17, 15) is 4.39 Å². The van der Waals surface area contributed by atoms with Gasteiger partial charge >= 0.3 is 0 Å². The van der Waals surface area contributed by atoms with Gasteiger partial charge in [0.2, 0.25) is 5.88 Å². The lowest BCUT2D eigenvalue weighted by Gasteiger charge is -2.27. The fraction of sp³-hybridized carbons (Fsp3) is 0.333. The Kier molecular flexibility index (Phi) is 6.38. The smallest absolute Gasteiger partial charge is 0.213 e. The molecule has 2 atom stereocenters. The Morgan fingerprint density at radius 3 is 2.17 bits per heavy atom. The molecule has 6 rings (SSSR count). The van der Waals surface area contributed by atoms with Gasteiger partial charge in [0, 0.05) is 50.4 Å². The van der Waals surface area contributed by atoms with E-state index < -0.39 is 0 Å². The Hall–Kier alpha value is -3.35. The minimum Gasteiger partial charge on any atom is -0.481 e. The summed E-state index contributed by atoms with van der Waals surface area (Å²) in [6, 6.07) is 25.7. The fourth-order valence-electron chi connectivity index (χ4n) is 5.91. The number of fused-ring (bicyclic) bond motifs is 2. The van der Waals surface area contributed by atoms with Crippen LogP contribution in [0, 0.1) is 17.7 Å². The number of rotatable bonds is 9. The number of pyridine rings is 2. The van der Waals surface area contributed by atoms with Gasteiger partial charge < -0.3 is 9.64 Å². The van der Waals surface area contributed by atoms with E-state index in [1.165, 1.54) is 17.3 Å². The van der Waals surface area contributed by atoms with Crippen LogP contribution in [0.3, 0.4) is 0 Å². The lowest BCUT2D eigenvalue weighted by Crippen LogP contribution is -2.35. The Morgan fingerprint density at radius 2 is 1.56 bits per heavy atom. The molecule has 5 nitrogen and oxygen atoms in total. The molecule has 3 heterocycles. The molecule has 0 bridgehead atoms. The molecule has 1 saturated carbocycles. The van der Waals surface area contributed by atoms with Crippen molar-refractivity contribution in [2.45, 2.75) is 25.6 Å². The average molecular weight is 483 g/mol. The highest BCUT2D eigenvalue weighted by Gasteiger charge is 2.57. The molecule has 2 fully saturated rings. The van der Waals surface area contributed by atoms with Crippen molar-refractivity contribution in [1.29, 1.82) is 0 Å². The van der Waals surface area contributed by atoms with Crippen molar-refractivity contribution in [2.75, 3.05) is 26.7 Å². The summed E-state index contributed by atoms with van der Waals surface area (Å²) in [7, 11) is 1.58. The molecule has 2 aromatic heterocycles. The largest absolute Gasteiger partial charge is 0.481 e. The minimum atomic E-state index is -0.289. The maximum Gasteiger partial charge on any atom is 0.213 e. The van der Waals surface area contributed by atoms with Crippen molar-refractivity contribution < 1.29 is 9.13 Å². The molecule has 1 aliphatic carbocycles. The van der Waals surface area contributed by atoms with Crippen molar-refractivity contribution in [3.63, 3.8) is 0 Å². The van der Waals surface area contributed by atoms with E-state index >= 15 is 0 Å². The highest BCUT2D eigenvalue weighted by Crippen LogP contribution is 2.49. The second-order valence-electron chi connectivity index (χ2n) is 10.0. The van der Waals surface area contributed by atoms with E-state index in [1.807, 2.05) is 6.07 Å². The van der Waals surface area contributed by atoms with Crippen molar-refractivity contribution in [1.82, 2.24) is 19.8 Å². The normalized spacial score (nSPS) is 21.1. The van der Waals surface area contributed by atoms with Gasteiger partial charge in [-0.25, -0.2) is 9.37 Å². The number of likely N-dealkylation sites (tertiary alicyclic amines) is 1. The SMILES string of the molecule is COc1ccc2ncc(F)c(CCN3CC4C(C3)C4N(Cc3ccccc3)Cc3ccccc3)c2n1. The van der Waals surface area contributed by atoms with Crippen LogP contribution in [0.4, 0.5) is 4.39 Å². The molecule has 1 saturated heterocycles. The third-order valence-electron chi connectivity index (χ3n) is 7.73. The van der Waals surface area contributed by atoms with Crippen LogP contribution in [0.15, 0.2) is 79.0 Å². The van der Waals surface area contributed by atoms with Gasteiger partial charge in [-0.3, -0.25) is 9.88 Å². The lowest BCUT2D eigenvalue weighted by molar-refractivity contribution is 0.186. The first-order chi connectivity index (χ1) is 17.7. The summed E-state index contributed by atoms with van der Waals surface area (Å²) >= 11 is 0. The Balaban J connectivity index is 1.12. The quantitative estimate of drug-likeness (QED) is 0.338. The number of nitrogens with zero attached hydrogens (tertiary/aromatic N) is 4. The minimum absolute atomic E-state index is 0.289. The third kappa shape index (κ3) is 4.71. The molecule has 0 N–H and O–H groups in total. The van der Waals surface area contributed by atoms with Crippen molar-refractivity contribution in [2.24, 2.45) is 11.8 Å². The number of ether oxygens (including phenoxy) is 1. The summed E-state index contributed by atoms with van der Waals surface area (Å²) < 4.78 is 20.0. The number of benzene rings is 2. The molecule has 6 heteroatoms. The molecule has 0 amide bonds. The number of halogens is 1. The van der Waals surface area contributed by atoms with Gasteiger partial charge in [-0.1, -0.05) is 60.7 Å². The number of hydrogen-bond donors (Lipinski definition) is 0. The molecule has 2 unspecified atom stereocenters. The van der Waals surface area contributed by atoms with Crippen molar-refractivity contribution in [3.8, 4) is 5.88 Å². The molecule has 1 aliphatic heterocycles. The van der Waals surface area contributed by atoms with E-state index in [4.69, 9.17) is 4.74 Å². The number of hydrogen-bond acceptors (Lipinski definition) is 5. The summed E-state index contributed by atoms with van der Waals surface area (Å²) in [4.78, 5) is 13.8. The van der Waals surface area contributed by atoms with E-state index in [2.05, 4.69) is 80.4 Å². The van der Waals surface area contributed by atoms with Crippen LogP contribution in [-0.4, -0.2) is 52.6 Å². The van der Waals surface area contributed by atoms with Gasteiger partial charge in [0.15, 0.2) is 0 Å². The van der Waals surface area contributed by atoms with Crippen LogP contribution in [0.25, 0.3) is 11.0 Å². The molecule has 2 aliphatic rings. The molecule has 0 spiro atoms. The van der Waals surface area contributed by atoms with Gasteiger partial charge in [-0.05, 0) is 35.4 Å². The summed E-state index contributed by atoms with van der Waals surface area (Å²) in [6.45, 7) is 4.89. The van der Waals surface area contributed by atoms with Gasteiger partial charge in [0.25, 0.3) is 0 Å². The molecular weight excluding hydrogens is 451 g/mol. The van der Waals surface area contributed by atoms with Gasteiger partial charge in [-0.15, -0.1) is 0 Å². The summed E-state index contributed by atoms with van der Waals surface area (Å²) in [6.07, 6.45) is 1.93. The highest BCUT2D eigenvalue weighted by atomic mass is 19.1. The molecule has 2 aromatic carbocycles. The topological polar surface area (TPSA) is 41.5 Å². The Morgan fingerprint density at radius 1 is 0.917 bits per heavy atom. The standard InChI is InChI=1S/C30H31FN4O/c1-36-28-13-12-27-29(33-28)23(26(31)16-32-27)14-15-34-19-24-25(20-34)30(24)35(17-21-8-4-2-5-9-21)18-22-10-6-3-7-11-22/h2-13,16,24-25,30H,14-15,17-20H2,1H3. The van der Waals surface area contributed by atoms with Crippen LogP contribution < -0.4 is 4.74 Å². The monoisotopic (exact) mass is 482 g/mol. The average Bonchev–Trinajstić information content (AvgIpc) is 3.42. The van der Waals surface area contributed by atoms with E-state index in [-0.39, 0.29) is 5.82 Å². The first-order valence-electron chi connectivity index (χ1n) is 12.7. The van der Waals surface area contributed by atoms with Crippen LogP contribution in [0.2, 0.25) is 0 Å². The predicted molar refractivity (Wildman–Crippen MR) is 139 cm³/mol. The second-order valence-corrected chi connectivity index (χ2v) is 10.0. The van der Waals surface area contributed by atoms with Crippen molar-refractivity contribution in [3.05, 3.63) is 102 Å². The van der Waals surface area contributed by atoms with Gasteiger partial charge in [-0.2, -0.15) is 0 Å². The van der Waals surface area contributed by atoms with Gasteiger partial charge in [0.1, 0.15) is 5.82 Å². The summed E-state index contributed by atoms with van der Waals surface area (Å²) in [5.41, 5.74) is 4.66. The Bertz CT molecular complexity index is 1280. The molecule has 184 valence electrons. The van der Waals surface area contributed by atoms with Crippen molar-refractivity contribution >= 4 is 11.0 Å². The number of aromatic nitrogens is 2. The van der Waals surface area contributed by atoms with E-state index in [1.54, 1.807) is 13.2 Å². The molecule has 0 radical (unpaired) electrons. The van der Waals surface area contributed by atoms with Crippen LogP contribution in [-0.2, 0) is 19.5 Å². The van der Waals surface area contributed by atoms with Crippen LogP contribution in [0.5, 0.6) is 5.88 Å².